The Morgan fingerprint density at radius 3 is 3.11 bits per heavy atom. The molecule has 0 spiro atoms. The van der Waals surface area contributed by atoms with Crippen molar-refractivity contribution in [3.05, 3.63) is 18.7 Å². The second kappa shape index (κ2) is 6.00. The summed E-state index contributed by atoms with van der Waals surface area (Å²) in [7, 11) is 0. The second-order valence-corrected chi connectivity index (χ2v) is 4.92. The maximum Gasteiger partial charge on any atom is 0.240 e. The summed E-state index contributed by atoms with van der Waals surface area (Å²) in [4.78, 5) is 16.3. The van der Waals surface area contributed by atoms with Gasteiger partial charge in [-0.3, -0.25) is 4.79 Å². The largest absolute Gasteiger partial charge is 0.353 e. The standard InChI is InChI=1S/C13H22N4O/c1-2-4-13(5-3-6-16-13)12(18)15-8-10-17-9-7-14-11-17/h7,9,11,16H,2-6,8,10H2,1H3,(H,15,18). The lowest BCUT2D eigenvalue weighted by Crippen LogP contribution is -2.53. The van der Waals surface area contributed by atoms with Crippen molar-refractivity contribution in [2.45, 2.75) is 44.7 Å². The minimum absolute atomic E-state index is 0.155. The van der Waals surface area contributed by atoms with Crippen LogP contribution >= 0.6 is 0 Å². The van der Waals surface area contributed by atoms with E-state index in [9.17, 15) is 4.79 Å². The molecule has 5 nitrogen and oxygen atoms in total. The van der Waals surface area contributed by atoms with Crippen LogP contribution in [0.1, 0.15) is 32.6 Å². The van der Waals surface area contributed by atoms with E-state index in [1.54, 1.807) is 12.5 Å². The van der Waals surface area contributed by atoms with Gasteiger partial charge in [0.05, 0.1) is 11.9 Å². The molecule has 0 radical (unpaired) electrons. The third-order valence-electron chi connectivity index (χ3n) is 3.57. The van der Waals surface area contributed by atoms with Gasteiger partial charge in [0, 0.05) is 25.5 Å². The minimum Gasteiger partial charge on any atom is -0.353 e. The van der Waals surface area contributed by atoms with Crippen LogP contribution < -0.4 is 10.6 Å². The molecule has 1 aliphatic heterocycles. The number of imidazole rings is 1. The number of nitrogens with zero attached hydrogens (tertiary/aromatic N) is 2. The molecule has 0 aromatic carbocycles. The SMILES string of the molecule is CCCC1(C(=O)NCCn2ccnc2)CCCN1. The van der Waals surface area contributed by atoms with E-state index in [0.29, 0.717) is 6.54 Å². The zero-order valence-corrected chi connectivity index (χ0v) is 11.0. The van der Waals surface area contributed by atoms with Gasteiger partial charge in [0.25, 0.3) is 0 Å². The van der Waals surface area contributed by atoms with Crippen LogP contribution in [0.25, 0.3) is 0 Å². The van der Waals surface area contributed by atoms with Crippen LogP contribution in [-0.4, -0.2) is 34.1 Å². The molecular weight excluding hydrogens is 228 g/mol. The molecule has 1 unspecified atom stereocenters. The number of nitrogens with one attached hydrogen (secondary N) is 2. The van der Waals surface area contributed by atoms with E-state index in [1.165, 1.54) is 0 Å². The first-order valence-electron chi connectivity index (χ1n) is 6.76. The quantitative estimate of drug-likeness (QED) is 0.789. The Bertz CT molecular complexity index is 368. The minimum atomic E-state index is -0.316. The molecule has 1 aromatic heterocycles. The van der Waals surface area contributed by atoms with Gasteiger partial charge in [0.2, 0.25) is 5.91 Å². The summed E-state index contributed by atoms with van der Waals surface area (Å²) in [5.74, 6) is 0.155. The third kappa shape index (κ3) is 2.90. The predicted octanol–water partition coefficient (Wildman–Crippen LogP) is 0.922. The summed E-state index contributed by atoms with van der Waals surface area (Å²) in [6.45, 7) is 4.51. The molecular formula is C13H22N4O. The fourth-order valence-electron chi connectivity index (χ4n) is 2.64. The normalized spacial score (nSPS) is 23.2. The number of carbonyl (C=O) groups excluding carboxylic acids is 1. The zero-order valence-electron chi connectivity index (χ0n) is 11.0. The van der Waals surface area contributed by atoms with E-state index in [4.69, 9.17) is 0 Å². The van der Waals surface area contributed by atoms with E-state index < -0.39 is 0 Å². The van der Waals surface area contributed by atoms with Gasteiger partial charge in [-0.15, -0.1) is 0 Å². The first-order chi connectivity index (χ1) is 8.77. The van der Waals surface area contributed by atoms with Gasteiger partial charge >= 0.3 is 0 Å². The van der Waals surface area contributed by atoms with Crippen molar-refractivity contribution in [1.29, 1.82) is 0 Å². The highest BCUT2D eigenvalue weighted by Crippen LogP contribution is 2.24. The number of aromatic nitrogens is 2. The summed E-state index contributed by atoms with van der Waals surface area (Å²) in [5.41, 5.74) is -0.316. The molecule has 0 aliphatic carbocycles. The number of hydrogen-bond donors (Lipinski definition) is 2. The van der Waals surface area contributed by atoms with Gasteiger partial charge in [-0.05, 0) is 25.8 Å². The molecule has 0 bridgehead atoms. The highest BCUT2D eigenvalue weighted by atomic mass is 16.2. The molecule has 1 saturated heterocycles. The number of rotatable bonds is 6. The maximum absolute atomic E-state index is 12.3. The smallest absolute Gasteiger partial charge is 0.240 e. The number of amides is 1. The summed E-state index contributed by atoms with van der Waals surface area (Å²) in [6.07, 6.45) is 9.42. The summed E-state index contributed by atoms with van der Waals surface area (Å²) >= 11 is 0. The Hall–Kier alpha value is -1.36. The Morgan fingerprint density at radius 2 is 2.50 bits per heavy atom. The first kappa shape index (κ1) is 13.1. The van der Waals surface area contributed by atoms with Crippen LogP contribution in [0, 0.1) is 0 Å². The molecule has 1 fully saturated rings. The van der Waals surface area contributed by atoms with Crippen LogP contribution in [0.2, 0.25) is 0 Å². The van der Waals surface area contributed by atoms with Crippen molar-refractivity contribution in [2.75, 3.05) is 13.1 Å². The fourth-order valence-corrected chi connectivity index (χ4v) is 2.64. The molecule has 5 heteroatoms. The zero-order chi connectivity index (χ0) is 12.8. The Morgan fingerprint density at radius 1 is 1.61 bits per heavy atom. The molecule has 1 atom stereocenters. The summed E-state index contributed by atoms with van der Waals surface area (Å²) < 4.78 is 1.97. The molecule has 2 N–H and O–H groups in total. The molecule has 2 heterocycles. The van der Waals surface area contributed by atoms with E-state index >= 15 is 0 Å². The Kier molecular flexibility index (Phi) is 4.36. The van der Waals surface area contributed by atoms with Gasteiger partial charge < -0.3 is 15.2 Å². The topological polar surface area (TPSA) is 59.0 Å². The average molecular weight is 250 g/mol. The Balaban J connectivity index is 1.82. The van der Waals surface area contributed by atoms with Gasteiger partial charge in [0.1, 0.15) is 0 Å². The van der Waals surface area contributed by atoms with E-state index in [2.05, 4.69) is 22.5 Å². The van der Waals surface area contributed by atoms with Gasteiger partial charge in [-0.2, -0.15) is 0 Å². The number of hydrogen-bond acceptors (Lipinski definition) is 3. The van der Waals surface area contributed by atoms with Crippen LogP contribution in [0.4, 0.5) is 0 Å². The highest BCUT2D eigenvalue weighted by molar-refractivity contribution is 5.86. The first-order valence-corrected chi connectivity index (χ1v) is 6.76. The van der Waals surface area contributed by atoms with E-state index in [0.717, 1.165) is 38.8 Å². The monoisotopic (exact) mass is 250 g/mol. The van der Waals surface area contributed by atoms with E-state index in [1.807, 2.05) is 10.8 Å². The molecule has 1 aliphatic rings. The van der Waals surface area contributed by atoms with Crippen molar-refractivity contribution in [3.8, 4) is 0 Å². The summed E-state index contributed by atoms with van der Waals surface area (Å²) in [5, 5.41) is 6.42. The van der Waals surface area contributed by atoms with Crippen LogP contribution in [0.3, 0.4) is 0 Å². The lowest BCUT2D eigenvalue weighted by molar-refractivity contribution is -0.127. The molecule has 2 rings (SSSR count). The van der Waals surface area contributed by atoms with Gasteiger partial charge in [0.15, 0.2) is 0 Å². The van der Waals surface area contributed by atoms with Gasteiger partial charge in [-0.1, -0.05) is 13.3 Å². The van der Waals surface area contributed by atoms with Crippen LogP contribution in [0.5, 0.6) is 0 Å². The molecule has 18 heavy (non-hydrogen) atoms. The molecule has 100 valence electrons. The molecule has 1 aromatic rings. The number of carbonyl (C=O) groups is 1. The lowest BCUT2D eigenvalue weighted by Gasteiger charge is -2.27. The summed E-state index contributed by atoms with van der Waals surface area (Å²) in [6, 6.07) is 0. The van der Waals surface area contributed by atoms with Crippen molar-refractivity contribution in [2.24, 2.45) is 0 Å². The maximum atomic E-state index is 12.3. The van der Waals surface area contributed by atoms with Crippen LogP contribution in [-0.2, 0) is 11.3 Å². The Labute approximate surface area is 108 Å². The van der Waals surface area contributed by atoms with Crippen molar-refractivity contribution < 1.29 is 4.79 Å². The van der Waals surface area contributed by atoms with Crippen molar-refractivity contribution in [1.82, 2.24) is 20.2 Å². The molecule has 0 saturated carbocycles. The second-order valence-electron chi connectivity index (χ2n) is 4.92. The van der Waals surface area contributed by atoms with Gasteiger partial charge in [-0.25, -0.2) is 4.98 Å². The third-order valence-corrected chi connectivity index (χ3v) is 3.57. The van der Waals surface area contributed by atoms with Crippen molar-refractivity contribution >= 4 is 5.91 Å². The molecule has 1 amide bonds. The fraction of sp³-hybridized carbons (Fsp3) is 0.692. The van der Waals surface area contributed by atoms with E-state index in [-0.39, 0.29) is 11.4 Å². The average Bonchev–Trinajstić information content (AvgIpc) is 3.01. The highest BCUT2D eigenvalue weighted by Gasteiger charge is 2.39. The van der Waals surface area contributed by atoms with Crippen LogP contribution in [0.15, 0.2) is 18.7 Å². The lowest BCUT2D eigenvalue weighted by atomic mass is 9.91. The predicted molar refractivity (Wildman–Crippen MR) is 70.1 cm³/mol. The van der Waals surface area contributed by atoms with Crippen molar-refractivity contribution in [3.63, 3.8) is 0 Å².